The van der Waals surface area contributed by atoms with Gasteiger partial charge in [-0.1, -0.05) is 12.1 Å². The van der Waals surface area contributed by atoms with Crippen molar-refractivity contribution in [3.05, 3.63) is 59.1 Å². The van der Waals surface area contributed by atoms with Crippen LogP contribution in [0.2, 0.25) is 0 Å². The Morgan fingerprint density at radius 1 is 1.27 bits per heavy atom. The fraction of sp³-hybridized carbons (Fsp3) is 0.0625. The van der Waals surface area contributed by atoms with Crippen molar-refractivity contribution >= 4 is 28.9 Å². The minimum absolute atomic E-state index is 0.225. The first-order valence-corrected chi connectivity index (χ1v) is 7.49. The summed E-state index contributed by atoms with van der Waals surface area (Å²) in [6.45, 7) is 1.90. The van der Waals surface area contributed by atoms with Crippen LogP contribution in [0, 0.1) is 6.92 Å². The first-order chi connectivity index (χ1) is 10.6. The molecule has 5 nitrogen and oxygen atoms in total. The number of aromatic nitrogens is 2. The van der Waals surface area contributed by atoms with E-state index >= 15 is 0 Å². The third-order valence-electron chi connectivity index (χ3n) is 3.16. The molecule has 0 saturated heterocycles. The average molecular weight is 311 g/mol. The molecule has 110 valence electrons. The quantitative estimate of drug-likeness (QED) is 0.763. The van der Waals surface area contributed by atoms with Crippen molar-refractivity contribution in [3.63, 3.8) is 0 Å². The molecule has 0 bridgehead atoms. The van der Waals surface area contributed by atoms with E-state index in [9.17, 15) is 4.79 Å². The molecule has 2 heterocycles. The molecule has 0 spiro atoms. The zero-order chi connectivity index (χ0) is 15.5. The van der Waals surface area contributed by atoms with Gasteiger partial charge in [-0.3, -0.25) is 0 Å². The van der Waals surface area contributed by atoms with Crippen molar-refractivity contribution in [2.45, 2.75) is 6.92 Å². The lowest BCUT2D eigenvalue weighted by atomic mass is 10.1. The number of carbonyl (C=O) groups is 1. The predicted molar refractivity (Wildman–Crippen MR) is 86.8 cm³/mol. The van der Waals surface area contributed by atoms with Crippen LogP contribution in [0.3, 0.4) is 0 Å². The Bertz CT molecular complexity index is 816. The average Bonchev–Trinajstić information content (AvgIpc) is 3.04. The number of hydrogen-bond acceptors (Lipinski definition) is 5. The highest BCUT2D eigenvalue weighted by molar-refractivity contribution is 7.13. The zero-order valence-electron chi connectivity index (χ0n) is 11.8. The van der Waals surface area contributed by atoms with Crippen molar-refractivity contribution in [2.75, 3.05) is 5.32 Å². The normalized spacial score (nSPS) is 10.4. The lowest BCUT2D eigenvalue weighted by Gasteiger charge is -2.09. The van der Waals surface area contributed by atoms with Gasteiger partial charge in [0.1, 0.15) is 0 Å². The standard InChI is InChI=1S/C16H13N3O2S/c1-10-4-5-11(15(20)21)9-13(10)19-16-17-7-6-12(18-16)14-3-2-8-22-14/h2-9H,1H3,(H,20,21)(H,17,18,19). The van der Waals surface area contributed by atoms with Gasteiger partial charge in [0.15, 0.2) is 0 Å². The van der Waals surface area contributed by atoms with Crippen LogP contribution in [-0.2, 0) is 0 Å². The Morgan fingerprint density at radius 2 is 2.14 bits per heavy atom. The highest BCUT2D eigenvalue weighted by Gasteiger charge is 2.08. The molecule has 0 atom stereocenters. The number of anilines is 2. The number of nitrogens with zero attached hydrogens (tertiary/aromatic N) is 2. The highest BCUT2D eigenvalue weighted by atomic mass is 32.1. The third-order valence-corrected chi connectivity index (χ3v) is 4.05. The number of rotatable bonds is 4. The van der Waals surface area contributed by atoms with E-state index in [-0.39, 0.29) is 5.56 Å². The van der Waals surface area contributed by atoms with Gasteiger partial charge in [0.2, 0.25) is 5.95 Å². The minimum atomic E-state index is -0.962. The summed E-state index contributed by atoms with van der Waals surface area (Å²) in [6, 6.07) is 10.7. The van der Waals surface area contributed by atoms with Crippen molar-refractivity contribution in [1.82, 2.24) is 9.97 Å². The molecular formula is C16H13N3O2S. The molecule has 0 aliphatic heterocycles. The first-order valence-electron chi connectivity index (χ1n) is 6.61. The summed E-state index contributed by atoms with van der Waals surface area (Å²) in [5.41, 5.74) is 2.67. The molecule has 2 aromatic heterocycles. The van der Waals surface area contributed by atoms with E-state index in [1.54, 1.807) is 35.7 Å². The number of nitrogens with one attached hydrogen (secondary N) is 1. The van der Waals surface area contributed by atoms with Crippen molar-refractivity contribution in [2.24, 2.45) is 0 Å². The Hall–Kier alpha value is -2.73. The molecule has 6 heteroatoms. The van der Waals surface area contributed by atoms with Crippen LogP contribution in [0.5, 0.6) is 0 Å². The zero-order valence-corrected chi connectivity index (χ0v) is 12.6. The van der Waals surface area contributed by atoms with Crippen LogP contribution in [0.15, 0.2) is 48.0 Å². The topological polar surface area (TPSA) is 75.1 Å². The molecule has 0 aliphatic rings. The number of benzene rings is 1. The summed E-state index contributed by atoms with van der Waals surface area (Å²) >= 11 is 1.60. The molecule has 3 aromatic rings. The number of thiophene rings is 1. The first kappa shape index (κ1) is 14.2. The van der Waals surface area contributed by atoms with Crippen molar-refractivity contribution in [3.8, 4) is 10.6 Å². The Labute approximate surface area is 131 Å². The Kier molecular flexibility index (Phi) is 3.84. The summed E-state index contributed by atoms with van der Waals surface area (Å²) in [6.07, 6.45) is 1.68. The Balaban J connectivity index is 1.92. The maximum absolute atomic E-state index is 11.1. The van der Waals surface area contributed by atoms with E-state index in [2.05, 4.69) is 15.3 Å². The fourth-order valence-corrected chi connectivity index (χ4v) is 2.69. The maximum Gasteiger partial charge on any atom is 0.335 e. The lowest BCUT2D eigenvalue weighted by molar-refractivity contribution is 0.0697. The molecule has 0 aliphatic carbocycles. The van der Waals surface area contributed by atoms with Gasteiger partial charge in [0.25, 0.3) is 0 Å². The molecule has 3 rings (SSSR count). The minimum Gasteiger partial charge on any atom is -0.478 e. The molecule has 0 radical (unpaired) electrons. The third kappa shape index (κ3) is 2.96. The van der Waals surface area contributed by atoms with E-state index in [1.165, 1.54) is 0 Å². The van der Waals surface area contributed by atoms with Crippen LogP contribution in [0.1, 0.15) is 15.9 Å². The monoisotopic (exact) mass is 311 g/mol. The van der Waals surface area contributed by atoms with E-state index in [1.807, 2.05) is 30.5 Å². The Morgan fingerprint density at radius 3 is 2.86 bits per heavy atom. The van der Waals surface area contributed by atoms with Crippen molar-refractivity contribution < 1.29 is 9.90 Å². The highest BCUT2D eigenvalue weighted by Crippen LogP contribution is 2.25. The number of aryl methyl sites for hydroxylation is 1. The summed E-state index contributed by atoms with van der Waals surface area (Å²) in [5, 5.41) is 14.2. The van der Waals surface area contributed by atoms with Gasteiger partial charge in [-0.25, -0.2) is 14.8 Å². The van der Waals surface area contributed by atoms with Crippen LogP contribution >= 0.6 is 11.3 Å². The van der Waals surface area contributed by atoms with Gasteiger partial charge < -0.3 is 10.4 Å². The van der Waals surface area contributed by atoms with Gasteiger partial charge >= 0.3 is 5.97 Å². The van der Waals surface area contributed by atoms with E-state index in [4.69, 9.17) is 5.11 Å². The molecule has 0 unspecified atom stereocenters. The van der Waals surface area contributed by atoms with Gasteiger partial charge in [0.05, 0.1) is 16.1 Å². The second-order valence-corrected chi connectivity index (χ2v) is 5.65. The van der Waals surface area contributed by atoms with Crippen molar-refractivity contribution in [1.29, 1.82) is 0 Å². The second kappa shape index (κ2) is 5.95. The predicted octanol–water partition coefficient (Wildman–Crippen LogP) is 3.96. The SMILES string of the molecule is Cc1ccc(C(=O)O)cc1Nc1nccc(-c2cccs2)n1. The van der Waals surface area contributed by atoms with E-state index < -0.39 is 5.97 Å². The summed E-state index contributed by atoms with van der Waals surface area (Å²) in [7, 11) is 0. The van der Waals surface area contributed by atoms with E-state index in [0.29, 0.717) is 11.6 Å². The lowest BCUT2D eigenvalue weighted by Crippen LogP contribution is -2.02. The molecular weight excluding hydrogens is 298 g/mol. The van der Waals surface area contributed by atoms with Crippen LogP contribution < -0.4 is 5.32 Å². The molecule has 22 heavy (non-hydrogen) atoms. The van der Waals surface area contributed by atoms with Gasteiger partial charge in [-0.2, -0.15) is 0 Å². The second-order valence-electron chi connectivity index (χ2n) is 4.70. The maximum atomic E-state index is 11.1. The van der Waals surface area contributed by atoms with Crippen LogP contribution in [-0.4, -0.2) is 21.0 Å². The van der Waals surface area contributed by atoms with E-state index in [0.717, 1.165) is 16.1 Å². The summed E-state index contributed by atoms with van der Waals surface area (Å²) in [4.78, 5) is 20.8. The number of aromatic carboxylic acids is 1. The van der Waals surface area contributed by atoms with Gasteiger partial charge in [0, 0.05) is 11.9 Å². The summed E-state index contributed by atoms with van der Waals surface area (Å²) < 4.78 is 0. The molecule has 0 amide bonds. The van der Waals surface area contributed by atoms with Gasteiger partial charge in [-0.15, -0.1) is 11.3 Å². The van der Waals surface area contributed by atoms with Crippen LogP contribution in [0.25, 0.3) is 10.6 Å². The molecule has 2 N–H and O–H groups in total. The molecule has 0 saturated carbocycles. The molecule has 1 aromatic carbocycles. The number of carboxylic acids is 1. The number of carboxylic acid groups (broad SMARTS) is 1. The summed E-state index contributed by atoms with van der Waals surface area (Å²) in [5.74, 6) is -0.521. The smallest absolute Gasteiger partial charge is 0.335 e. The van der Waals surface area contributed by atoms with Crippen LogP contribution in [0.4, 0.5) is 11.6 Å². The fourth-order valence-electron chi connectivity index (χ4n) is 1.99. The number of hydrogen-bond donors (Lipinski definition) is 2. The largest absolute Gasteiger partial charge is 0.478 e. The molecule has 0 fully saturated rings. The van der Waals surface area contributed by atoms with Gasteiger partial charge in [-0.05, 0) is 42.1 Å².